The zero-order chi connectivity index (χ0) is 10.9. The van der Waals surface area contributed by atoms with Crippen LogP contribution in [0.2, 0.25) is 0 Å². The predicted octanol–water partition coefficient (Wildman–Crippen LogP) is -0.527. The van der Waals surface area contributed by atoms with E-state index in [1.807, 2.05) is 0 Å². The average Bonchev–Trinajstić information content (AvgIpc) is 2.70. The lowest BCUT2D eigenvalue weighted by Crippen LogP contribution is -2.30. The van der Waals surface area contributed by atoms with Gasteiger partial charge in [0.1, 0.15) is 0 Å². The van der Waals surface area contributed by atoms with Gasteiger partial charge in [0.05, 0.1) is 18.5 Å². The Balaban J connectivity index is 2.01. The number of ether oxygens (including phenoxy) is 1. The molecule has 0 bridgehead atoms. The summed E-state index contributed by atoms with van der Waals surface area (Å²) in [7, 11) is 3.77. The Bertz CT molecular complexity index is 239. The van der Waals surface area contributed by atoms with Crippen LogP contribution in [0, 0.1) is 0 Å². The molecule has 1 heterocycles. The third-order valence-corrected chi connectivity index (χ3v) is 2.05. The Morgan fingerprint density at radius 1 is 1.53 bits per heavy atom. The van der Waals surface area contributed by atoms with Crippen LogP contribution in [0.3, 0.4) is 0 Å². The summed E-state index contributed by atoms with van der Waals surface area (Å²) in [6.07, 6.45) is 1.74. The minimum atomic E-state index is 0.757. The van der Waals surface area contributed by atoms with Gasteiger partial charge in [-0.05, 0) is 7.05 Å². The highest BCUT2D eigenvalue weighted by Gasteiger charge is 2.01. The van der Waals surface area contributed by atoms with Crippen molar-refractivity contribution in [3.05, 3.63) is 11.9 Å². The highest BCUT2D eigenvalue weighted by molar-refractivity contribution is 4.89. The zero-order valence-corrected chi connectivity index (χ0v) is 9.36. The lowest BCUT2D eigenvalue weighted by Gasteiger charge is -2.14. The Morgan fingerprint density at radius 3 is 3.07 bits per heavy atom. The molecular weight excluding hydrogens is 194 g/mol. The van der Waals surface area contributed by atoms with Gasteiger partial charge in [0.25, 0.3) is 0 Å². The number of aromatic nitrogens is 3. The first-order valence-electron chi connectivity index (χ1n) is 5.05. The molecule has 0 aliphatic carbocycles. The quantitative estimate of drug-likeness (QED) is 0.568. The topological polar surface area (TPSA) is 66.1 Å². The number of hydrogen-bond donors (Lipinski definition) is 2. The van der Waals surface area contributed by atoms with Gasteiger partial charge in [0, 0.05) is 33.3 Å². The number of aromatic amines is 1. The number of nitrogens with one attached hydrogen (secondary N) is 2. The summed E-state index contributed by atoms with van der Waals surface area (Å²) in [6.45, 7) is 4.41. The van der Waals surface area contributed by atoms with Crippen molar-refractivity contribution < 1.29 is 4.74 Å². The number of nitrogens with zero attached hydrogens (tertiary/aromatic N) is 3. The molecule has 1 aromatic rings. The summed E-state index contributed by atoms with van der Waals surface area (Å²) < 4.78 is 4.94. The normalized spacial score (nSPS) is 11.1. The number of H-pyrrole nitrogens is 1. The number of methoxy groups -OCH3 is 1. The van der Waals surface area contributed by atoms with Crippen LogP contribution in [0.15, 0.2) is 6.20 Å². The van der Waals surface area contributed by atoms with Gasteiger partial charge in [0.2, 0.25) is 0 Å². The van der Waals surface area contributed by atoms with Gasteiger partial charge < -0.3 is 10.1 Å². The minimum Gasteiger partial charge on any atom is -0.383 e. The third kappa shape index (κ3) is 5.46. The second kappa shape index (κ2) is 7.33. The lowest BCUT2D eigenvalue weighted by atomic mass is 10.4. The van der Waals surface area contributed by atoms with Gasteiger partial charge in [-0.15, -0.1) is 0 Å². The zero-order valence-electron chi connectivity index (χ0n) is 9.36. The van der Waals surface area contributed by atoms with Gasteiger partial charge >= 0.3 is 0 Å². The van der Waals surface area contributed by atoms with Crippen molar-refractivity contribution in [3.8, 4) is 0 Å². The maximum atomic E-state index is 4.94. The van der Waals surface area contributed by atoms with Crippen LogP contribution in [0.1, 0.15) is 5.69 Å². The summed E-state index contributed by atoms with van der Waals surface area (Å²) in [5.74, 6) is 0. The lowest BCUT2D eigenvalue weighted by molar-refractivity contribution is 0.197. The monoisotopic (exact) mass is 213 g/mol. The maximum Gasteiger partial charge on any atom is 0.0964 e. The van der Waals surface area contributed by atoms with E-state index in [1.54, 1.807) is 13.3 Å². The molecular formula is C9H19N5O. The Morgan fingerprint density at radius 2 is 2.40 bits per heavy atom. The van der Waals surface area contributed by atoms with Crippen molar-refractivity contribution in [2.24, 2.45) is 0 Å². The van der Waals surface area contributed by atoms with E-state index in [-0.39, 0.29) is 0 Å². The van der Waals surface area contributed by atoms with Gasteiger partial charge in [-0.25, -0.2) is 0 Å². The second-order valence-electron chi connectivity index (χ2n) is 3.44. The molecule has 15 heavy (non-hydrogen) atoms. The van der Waals surface area contributed by atoms with Crippen molar-refractivity contribution in [1.82, 2.24) is 25.6 Å². The molecule has 0 radical (unpaired) electrons. The van der Waals surface area contributed by atoms with Crippen LogP contribution in [0.5, 0.6) is 0 Å². The summed E-state index contributed by atoms with van der Waals surface area (Å²) in [4.78, 5) is 2.19. The fourth-order valence-corrected chi connectivity index (χ4v) is 1.23. The van der Waals surface area contributed by atoms with Crippen LogP contribution in [0.25, 0.3) is 0 Å². The van der Waals surface area contributed by atoms with Crippen LogP contribution < -0.4 is 5.32 Å². The highest BCUT2D eigenvalue weighted by atomic mass is 16.5. The Hall–Kier alpha value is -0.980. The van der Waals surface area contributed by atoms with E-state index in [2.05, 4.69) is 32.7 Å². The largest absolute Gasteiger partial charge is 0.383 e. The standard InChI is InChI=1S/C9H19N5O/c1-14(5-3-10-4-6-15-2)8-9-7-11-13-12-9/h7,10H,3-6,8H2,1-2H3,(H,11,12,13). The highest BCUT2D eigenvalue weighted by Crippen LogP contribution is 1.94. The molecule has 86 valence electrons. The Kier molecular flexibility index (Phi) is 5.91. The van der Waals surface area contributed by atoms with E-state index in [1.165, 1.54) is 0 Å². The molecule has 0 aliphatic heterocycles. The molecule has 0 aromatic carbocycles. The van der Waals surface area contributed by atoms with Crippen molar-refractivity contribution in [1.29, 1.82) is 0 Å². The smallest absolute Gasteiger partial charge is 0.0964 e. The summed E-state index contributed by atoms with van der Waals surface area (Å²) in [5, 5.41) is 13.6. The van der Waals surface area contributed by atoms with Gasteiger partial charge in [0.15, 0.2) is 0 Å². The molecule has 0 atom stereocenters. The first kappa shape index (κ1) is 12.1. The molecule has 0 amide bonds. The van der Waals surface area contributed by atoms with E-state index in [0.717, 1.165) is 38.5 Å². The van der Waals surface area contributed by atoms with Crippen LogP contribution >= 0.6 is 0 Å². The van der Waals surface area contributed by atoms with Crippen molar-refractivity contribution in [2.75, 3.05) is 40.4 Å². The molecule has 0 aliphatic rings. The molecule has 1 rings (SSSR count). The fraction of sp³-hybridized carbons (Fsp3) is 0.778. The molecule has 0 unspecified atom stereocenters. The molecule has 6 nitrogen and oxygen atoms in total. The maximum absolute atomic E-state index is 4.94. The number of rotatable bonds is 8. The van der Waals surface area contributed by atoms with E-state index < -0.39 is 0 Å². The number of likely N-dealkylation sites (N-methyl/N-ethyl adjacent to an activating group) is 1. The molecule has 6 heteroatoms. The van der Waals surface area contributed by atoms with Gasteiger partial charge in [-0.2, -0.15) is 15.4 Å². The van der Waals surface area contributed by atoms with E-state index in [0.29, 0.717) is 0 Å². The van der Waals surface area contributed by atoms with Crippen molar-refractivity contribution >= 4 is 0 Å². The van der Waals surface area contributed by atoms with Crippen LogP contribution in [-0.4, -0.2) is 60.7 Å². The minimum absolute atomic E-state index is 0.757. The summed E-state index contributed by atoms with van der Waals surface area (Å²) in [6, 6.07) is 0. The SMILES string of the molecule is COCCNCCN(C)Cc1cn[nH]n1. The first-order chi connectivity index (χ1) is 7.33. The molecule has 0 saturated heterocycles. The van der Waals surface area contributed by atoms with Gasteiger partial charge in [-0.1, -0.05) is 0 Å². The van der Waals surface area contributed by atoms with Crippen LogP contribution in [0.4, 0.5) is 0 Å². The molecule has 0 saturated carbocycles. The molecule has 0 spiro atoms. The molecule has 1 aromatic heterocycles. The number of hydrogen-bond acceptors (Lipinski definition) is 5. The predicted molar refractivity (Wildman–Crippen MR) is 57.5 cm³/mol. The fourth-order valence-electron chi connectivity index (χ4n) is 1.23. The third-order valence-electron chi connectivity index (χ3n) is 2.05. The van der Waals surface area contributed by atoms with E-state index in [4.69, 9.17) is 4.74 Å². The average molecular weight is 213 g/mol. The van der Waals surface area contributed by atoms with Crippen LogP contribution in [-0.2, 0) is 11.3 Å². The molecule has 0 fully saturated rings. The van der Waals surface area contributed by atoms with E-state index in [9.17, 15) is 0 Å². The van der Waals surface area contributed by atoms with Gasteiger partial charge in [-0.3, -0.25) is 4.90 Å². The Labute approximate surface area is 90.0 Å². The summed E-state index contributed by atoms with van der Waals surface area (Å²) in [5.41, 5.74) is 0.967. The van der Waals surface area contributed by atoms with E-state index >= 15 is 0 Å². The summed E-state index contributed by atoms with van der Waals surface area (Å²) >= 11 is 0. The first-order valence-corrected chi connectivity index (χ1v) is 5.05. The van der Waals surface area contributed by atoms with Crippen molar-refractivity contribution in [2.45, 2.75) is 6.54 Å². The second-order valence-corrected chi connectivity index (χ2v) is 3.44. The molecule has 2 N–H and O–H groups in total. The van der Waals surface area contributed by atoms with Crippen molar-refractivity contribution in [3.63, 3.8) is 0 Å².